The number of nitrogens with one attached hydrogen (secondary N) is 2. The topological polar surface area (TPSA) is 117 Å². The van der Waals surface area contributed by atoms with Crippen molar-refractivity contribution in [1.82, 2.24) is 25.1 Å². The van der Waals surface area contributed by atoms with Gasteiger partial charge in [-0.2, -0.15) is 5.26 Å². The zero-order valence-corrected chi connectivity index (χ0v) is 22.5. The van der Waals surface area contributed by atoms with Crippen LogP contribution in [0.4, 0.5) is 22.1 Å². The summed E-state index contributed by atoms with van der Waals surface area (Å²) in [6.45, 7) is 4.73. The minimum atomic E-state index is -0.0684. The first-order chi connectivity index (χ1) is 19.1. The molecule has 1 aromatic heterocycles. The number of aromatic nitrogens is 2. The molecule has 1 aromatic carbocycles. The Morgan fingerprint density at radius 1 is 0.923 bits per heavy atom. The molecule has 1 atom stereocenters. The summed E-state index contributed by atoms with van der Waals surface area (Å²) in [4.78, 5) is 39.8. The lowest BCUT2D eigenvalue weighted by molar-refractivity contribution is -0.131. The molecule has 10 nitrogen and oxygen atoms in total. The molecular weight excluding hydrogens is 492 g/mol. The molecule has 3 saturated heterocycles. The van der Waals surface area contributed by atoms with E-state index < -0.39 is 0 Å². The van der Waals surface area contributed by atoms with E-state index in [2.05, 4.69) is 44.8 Å². The number of likely N-dealkylation sites (tertiary alicyclic amines) is 2. The molecule has 0 spiro atoms. The van der Waals surface area contributed by atoms with Crippen molar-refractivity contribution in [1.29, 1.82) is 5.26 Å². The van der Waals surface area contributed by atoms with E-state index in [9.17, 15) is 9.59 Å². The highest BCUT2D eigenvalue weighted by Gasteiger charge is 2.26. The quantitative estimate of drug-likeness (QED) is 0.580. The van der Waals surface area contributed by atoms with Crippen LogP contribution >= 0.6 is 0 Å². The van der Waals surface area contributed by atoms with Crippen LogP contribution in [0.1, 0.15) is 62.8 Å². The van der Waals surface area contributed by atoms with Gasteiger partial charge in [0.1, 0.15) is 12.2 Å². The van der Waals surface area contributed by atoms with E-state index in [1.807, 2.05) is 11.0 Å². The summed E-state index contributed by atoms with van der Waals surface area (Å²) in [6.07, 6.45) is 10.7. The lowest BCUT2D eigenvalue weighted by Crippen LogP contribution is -2.52. The van der Waals surface area contributed by atoms with Crippen LogP contribution in [-0.2, 0) is 4.79 Å². The molecule has 2 N–H and O–H groups in total. The molecule has 0 bridgehead atoms. The maximum absolute atomic E-state index is 12.7. The van der Waals surface area contributed by atoms with Gasteiger partial charge in [0.15, 0.2) is 5.82 Å². The number of rotatable bonds is 6. The van der Waals surface area contributed by atoms with Gasteiger partial charge in [-0.15, -0.1) is 0 Å². The summed E-state index contributed by atoms with van der Waals surface area (Å²) in [5, 5.41) is 15.4. The largest absolute Gasteiger partial charge is 0.353 e. The van der Waals surface area contributed by atoms with Gasteiger partial charge in [-0.3, -0.25) is 9.78 Å². The van der Waals surface area contributed by atoms with Crippen LogP contribution < -0.4 is 15.5 Å². The summed E-state index contributed by atoms with van der Waals surface area (Å²) >= 11 is 0. The first-order valence-corrected chi connectivity index (χ1v) is 14.2. The Bertz CT molecular complexity index is 1170. The van der Waals surface area contributed by atoms with Crippen LogP contribution in [0.15, 0.2) is 36.7 Å². The highest BCUT2D eigenvalue weighted by Crippen LogP contribution is 2.30. The molecule has 3 fully saturated rings. The van der Waals surface area contributed by atoms with E-state index in [1.54, 1.807) is 17.3 Å². The van der Waals surface area contributed by atoms with Gasteiger partial charge in [0.25, 0.3) is 0 Å². The number of nitrogens with zero attached hydrogens (tertiary/aromatic N) is 6. The Hall–Kier alpha value is -3.87. The van der Waals surface area contributed by atoms with Gasteiger partial charge in [-0.1, -0.05) is 12.1 Å². The van der Waals surface area contributed by atoms with E-state index in [0.29, 0.717) is 24.8 Å². The van der Waals surface area contributed by atoms with Crippen LogP contribution in [0, 0.1) is 11.3 Å². The Kier molecular flexibility index (Phi) is 8.76. The van der Waals surface area contributed by atoms with Crippen molar-refractivity contribution in [2.45, 2.75) is 63.3 Å². The van der Waals surface area contributed by atoms with E-state index >= 15 is 0 Å². The van der Waals surface area contributed by atoms with Crippen molar-refractivity contribution in [3.8, 4) is 6.07 Å². The molecule has 206 valence electrons. The van der Waals surface area contributed by atoms with Crippen LogP contribution in [0.25, 0.3) is 0 Å². The molecule has 3 aliphatic rings. The fourth-order valence-electron chi connectivity index (χ4n) is 5.86. The van der Waals surface area contributed by atoms with Gasteiger partial charge in [0, 0.05) is 51.0 Å². The fraction of sp³-hybridized carbons (Fsp3) is 0.552. The standard InChI is InChI=1S/C29H38N8O2/c30-13-10-28(38)35-17-11-23(12-18-35)22-6-8-24(9-7-22)32-26-19-31-20-27(34-26)37-16-4-5-25(21-37)33-29(39)36-14-2-1-3-15-36/h6-9,19-20,23,25H,1-5,10-12,14-18,21H2,(H,32,34)(H,33,39)/t25-/m1/s1. The summed E-state index contributed by atoms with van der Waals surface area (Å²) in [5.74, 6) is 1.84. The monoisotopic (exact) mass is 530 g/mol. The zero-order chi connectivity index (χ0) is 27.0. The van der Waals surface area contributed by atoms with E-state index in [-0.39, 0.29) is 24.4 Å². The molecule has 3 aliphatic heterocycles. The highest BCUT2D eigenvalue weighted by atomic mass is 16.2. The van der Waals surface area contributed by atoms with Crippen molar-refractivity contribution in [3.05, 3.63) is 42.2 Å². The van der Waals surface area contributed by atoms with Crippen LogP contribution in [0.2, 0.25) is 0 Å². The van der Waals surface area contributed by atoms with Gasteiger partial charge in [-0.25, -0.2) is 9.78 Å². The van der Waals surface area contributed by atoms with E-state index in [0.717, 1.165) is 76.2 Å². The second kappa shape index (κ2) is 12.8. The smallest absolute Gasteiger partial charge is 0.317 e. The van der Waals surface area contributed by atoms with Gasteiger partial charge < -0.3 is 25.3 Å². The highest BCUT2D eigenvalue weighted by molar-refractivity contribution is 5.78. The Morgan fingerprint density at radius 3 is 2.44 bits per heavy atom. The SMILES string of the molecule is N#CCC(=O)N1CCC(c2ccc(Nc3cncc(N4CCC[C@@H](NC(=O)N5CCCCC5)C4)n3)cc2)CC1. The molecule has 3 amide bonds. The van der Waals surface area contributed by atoms with E-state index in [4.69, 9.17) is 10.2 Å². The number of hydrogen-bond acceptors (Lipinski definition) is 7. The maximum Gasteiger partial charge on any atom is 0.317 e. The predicted octanol–water partition coefficient (Wildman–Crippen LogP) is 4.00. The number of nitriles is 1. The van der Waals surface area contributed by atoms with Gasteiger partial charge in [-0.05, 0) is 68.6 Å². The average molecular weight is 531 g/mol. The lowest BCUT2D eigenvalue weighted by Gasteiger charge is -2.35. The Labute approximate surface area is 230 Å². The zero-order valence-electron chi connectivity index (χ0n) is 22.5. The van der Waals surface area contributed by atoms with Gasteiger partial charge in [0.05, 0.1) is 18.5 Å². The molecule has 0 aliphatic carbocycles. The Balaban J connectivity index is 1.14. The molecule has 0 radical (unpaired) electrons. The van der Waals surface area contributed by atoms with E-state index in [1.165, 1.54) is 12.0 Å². The molecule has 0 saturated carbocycles. The molecule has 4 heterocycles. The molecule has 10 heteroatoms. The number of carbonyl (C=O) groups is 2. The second-order valence-electron chi connectivity index (χ2n) is 10.8. The van der Waals surface area contributed by atoms with Crippen molar-refractivity contribution in [2.75, 3.05) is 49.5 Å². The summed E-state index contributed by atoms with van der Waals surface area (Å²) in [7, 11) is 0. The minimum absolute atomic E-state index is 0.0389. The number of amides is 3. The van der Waals surface area contributed by atoms with Crippen molar-refractivity contribution in [3.63, 3.8) is 0 Å². The van der Waals surface area contributed by atoms with Crippen molar-refractivity contribution < 1.29 is 9.59 Å². The molecule has 5 rings (SSSR count). The fourth-order valence-corrected chi connectivity index (χ4v) is 5.86. The normalized spacial score (nSPS) is 20.3. The van der Waals surface area contributed by atoms with Crippen molar-refractivity contribution >= 4 is 29.3 Å². The summed E-state index contributed by atoms with van der Waals surface area (Å²) in [6, 6.07) is 10.5. The van der Waals surface area contributed by atoms with Gasteiger partial charge >= 0.3 is 6.03 Å². The molecule has 39 heavy (non-hydrogen) atoms. The first-order valence-electron chi connectivity index (χ1n) is 14.2. The second-order valence-corrected chi connectivity index (χ2v) is 10.8. The number of hydrogen-bond donors (Lipinski definition) is 2. The average Bonchev–Trinajstić information content (AvgIpc) is 2.98. The number of benzene rings is 1. The number of urea groups is 1. The summed E-state index contributed by atoms with van der Waals surface area (Å²) < 4.78 is 0. The van der Waals surface area contributed by atoms with Gasteiger partial charge in [0.2, 0.25) is 5.91 Å². The first kappa shape index (κ1) is 26.7. The van der Waals surface area contributed by atoms with Crippen LogP contribution in [-0.4, -0.2) is 77.0 Å². The lowest BCUT2D eigenvalue weighted by atomic mass is 9.89. The molecule has 2 aromatic rings. The number of piperidine rings is 3. The Morgan fingerprint density at radius 2 is 1.69 bits per heavy atom. The predicted molar refractivity (Wildman–Crippen MR) is 150 cm³/mol. The molecular formula is C29H38N8O2. The third-order valence-corrected chi connectivity index (χ3v) is 8.07. The number of carbonyl (C=O) groups excluding carboxylic acids is 2. The minimum Gasteiger partial charge on any atom is -0.353 e. The van der Waals surface area contributed by atoms with Crippen LogP contribution in [0.5, 0.6) is 0 Å². The number of anilines is 3. The molecule has 0 unspecified atom stereocenters. The van der Waals surface area contributed by atoms with Crippen molar-refractivity contribution in [2.24, 2.45) is 0 Å². The summed E-state index contributed by atoms with van der Waals surface area (Å²) in [5.41, 5.74) is 2.20. The van der Waals surface area contributed by atoms with Crippen LogP contribution in [0.3, 0.4) is 0 Å². The third-order valence-electron chi connectivity index (χ3n) is 8.07. The maximum atomic E-state index is 12.7. The third kappa shape index (κ3) is 6.96.